The number of ether oxygens (including phenoxy) is 1. The number of hydrogen-bond acceptors (Lipinski definition) is 3. The van der Waals surface area contributed by atoms with Crippen molar-refractivity contribution in [2.75, 3.05) is 7.11 Å². The molecule has 2 aromatic carbocycles. The van der Waals surface area contributed by atoms with Gasteiger partial charge in [-0.05, 0) is 42.0 Å². The quantitative estimate of drug-likeness (QED) is 0.857. The smallest absolute Gasteiger partial charge is 0.255 e. The lowest BCUT2D eigenvalue weighted by Crippen LogP contribution is -2.26. The molecule has 3 N–H and O–H groups in total. The minimum atomic E-state index is -0.517. The predicted octanol–water partition coefficient (Wildman–Crippen LogP) is 2.60. The Bertz CT molecular complexity index is 768. The van der Waals surface area contributed by atoms with Crippen molar-refractivity contribution in [3.8, 4) is 5.75 Å². The van der Waals surface area contributed by atoms with Crippen LogP contribution in [0.1, 0.15) is 50.6 Å². The van der Waals surface area contributed by atoms with Crippen molar-refractivity contribution < 1.29 is 14.3 Å². The van der Waals surface area contributed by atoms with E-state index >= 15 is 0 Å². The molecule has 1 fully saturated rings. The molecular formula is C19H20N2O3. The van der Waals surface area contributed by atoms with Gasteiger partial charge in [-0.3, -0.25) is 9.59 Å². The molecule has 1 aliphatic rings. The molecule has 0 unspecified atom stereocenters. The molecule has 2 amide bonds. The maximum absolute atomic E-state index is 12.8. The molecule has 0 radical (unpaired) electrons. The Morgan fingerprint density at radius 2 is 1.88 bits per heavy atom. The van der Waals surface area contributed by atoms with E-state index in [1.807, 2.05) is 30.3 Å². The molecule has 3 rings (SSSR count). The molecule has 0 aliphatic heterocycles. The highest BCUT2D eigenvalue weighted by atomic mass is 16.5. The molecule has 1 aliphatic carbocycles. The first kappa shape index (κ1) is 16.1. The predicted molar refractivity (Wildman–Crippen MR) is 91.1 cm³/mol. The Morgan fingerprint density at radius 1 is 1.17 bits per heavy atom. The minimum absolute atomic E-state index is 0.195. The molecule has 0 spiro atoms. The van der Waals surface area contributed by atoms with E-state index in [0.717, 1.165) is 18.4 Å². The van der Waals surface area contributed by atoms with Gasteiger partial charge in [0.05, 0.1) is 12.7 Å². The average Bonchev–Trinajstić information content (AvgIpc) is 3.44. The number of hydrogen-bond donors (Lipinski definition) is 2. The third-order valence-corrected chi connectivity index (χ3v) is 4.20. The molecule has 0 aromatic heterocycles. The summed E-state index contributed by atoms with van der Waals surface area (Å²) in [5, 5.41) is 2.91. The summed E-state index contributed by atoms with van der Waals surface area (Å²) in [7, 11) is 1.52. The lowest BCUT2D eigenvalue weighted by molar-refractivity contribution is 0.0947. The van der Waals surface area contributed by atoms with Crippen molar-refractivity contribution in [3.63, 3.8) is 0 Å². The van der Waals surface area contributed by atoms with Gasteiger partial charge in [-0.15, -0.1) is 0 Å². The Balaban J connectivity index is 1.94. The van der Waals surface area contributed by atoms with Crippen LogP contribution < -0.4 is 15.8 Å². The van der Waals surface area contributed by atoms with E-state index in [4.69, 9.17) is 10.5 Å². The summed E-state index contributed by atoms with van der Waals surface area (Å²) >= 11 is 0. The number of methoxy groups -OCH3 is 1. The van der Waals surface area contributed by atoms with E-state index < -0.39 is 5.91 Å². The van der Waals surface area contributed by atoms with Crippen molar-refractivity contribution >= 4 is 11.8 Å². The van der Waals surface area contributed by atoms with Crippen molar-refractivity contribution in [2.45, 2.75) is 25.3 Å². The summed E-state index contributed by atoms with van der Waals surface area (Å²) in [4.78, 5) is 24.5. The molecule has 0 heterocycles. The Hall–Kier alpha value is -2.82. The first-order valence-electron chi connectivity index (χ1n) is 7.94. The van der Waals surface area contributed by atoms with Gasteiger partial charge in [0.2, 0.25) is 5.91 Å². The first-order chi connectivity index (χ1) is 11.6. The van der Waals surface area contributed by atoms with Gasteiger partial charge in [-0.2, -0.15) is 0 Å². The van der Waals surface area contributed by atoms with E-state index in [2.05, 4.69) is 5.32 Å². The number of amides is 2. The fraction of sp³-hybridized carbons (Fsp3) is 0.263. The second kappa shape index (κ2) is 6.74. The van der Waals surface area contributed by atoms with Crippen LogP contribution in [0.2, 0.25) is 0 Å². The van der Waals surface area contributed by atoms with Crippen LogP contribution in [0.15, 0.2) is 42.5 Å². The lowest BCUT2D eigenvalue weighted by Gasteiger charge is -2.16. The van der Waals surface area contributed by atoms with Gasteiger partial charge < -0.3 is 15.8 Å². The third kappa shape index (κ3) is 3.25. The SMILES string of the molecule is COc1ccc(C(N)=O)c(C2CC2)c1C(=O)NCc1ccccc1. The molecule has 0 saturated heterocycles. The van der Waals surface area contributed by atoms with Gasteiger partial charge in [0.15, 0.2) is 0 Å². The van der Waals surface area contributed by atoms with Gasteiger partial charge >= 0.3 is 0 Å². The highest BCUT2D eigenvalue weighted by Crippen LogP contribution is 2.45. The summed E-state index contributed by atoms with van der Waals surface area (Å²) in [6, 6.07) is 12.9. The largest absolute Gasteiger partial charge is 0.496 e. The molecule has 2 aromatic rings. The number of nitrogens with two attached hydrogens (primary N) is 1. The first-order valence-corrected chi connectivity index (χ1v) is 7.94. The van der Waals surface area contributed by atoms with Gasteiger partial charge in [-0.25, -0.2) is 0 Å². The zero-order chi connectivity index (χ0) is 17.1. The molecule has 124 valence electrons. The van der Waals surface area contributed by atoms with Crippen molar-refractivity contribution in [3.05, 3.63) is 64.7 Å². The zero-order valence-electron chi connectivity index (χ0n) is 13.5. The van der Waals surface area contributed by atoms with Crippen molar-refractivity contribution in [1.82, 2.24) is 5.32 Å². The molecule has 5 nitrogen and oxygen atoms in total. The molecule has 1 saturated carbocycles. The van der Waals surface area contributed by atoms with Gasteiger partial charge in [0.25, 0.3) is 5.91 Å². The molecule has 0 bridgehead atoms. The fourth-order valence-electron chi connectivity index (χ4n) is 2.88. The lowest BCUT2D eigenvalue weighted by atomic mass is 9.94. The van der Waals surface area contributed by atoms with E-state index in [9.17, 15) is 9.59 Å². The Morgan fingerprint density at radius 3 is 2.46 bits per heavy atom. The number of primary amides is 1. The van der Waals surface area contributed by atoms with Gasteiger partial charge in [-0.1, -0.05) is 30.3 Å². The van der Waals surface area contributed by atoms with Crippen molar-refractivity contribution in [2.24, 2.45) is 5.73 Å². The standard InChI is InChI=1S/C19H20N2O3/c1-24-15-10-9-14(18(20)22)16(13-7-8-13)17(15)19(23)21-11-12-5-3-2-4-6-12/h2-6,9-10,13H,7-8,11H2,1H3,(H2,20,22)(H,21,23). The third-order valence-electron chi connectivity index (χ3n) is 4.20. The van der Waals surface area contributed by atoms with E-state index in [-0.39, 0.29) is 11.8 Å². The second-order valence-electron chi connectivity index (χ2n) is 5.91. The second-order valence-corrected chi connectivity index (χ2v) is 5.91. The van der Waals surface area contributed by atoms with Crippen LogP contribution in [0.3, 0.4) is 0 Å². The van der Waals surface area contributed by atoms with Crippen LogP contribution in [0.5, 0.6) is 5.75 Å². The fourth-order valence-corrected chi connectivity index (χ4v) is 2.88. The highest BCUT2D eigenvalue weighted by Gasteiger charge is 2.34. The average molecular weight is 324 g/mol. The number of carbonyl (C=O) groups excluding carboxylic acids is 2. The summed E-state index contributed by atoms with van der Waals surface area (Å²) in [5.41, 5.74) is 8.04. The van der Waals surface area contributed by atoms with Crippen molar-refractivity contribution in [1.29, 1.82) is 0 Å². The zero-order valence-corrected chi connectivity index (χ0v) is 13.5. The topological polar surface area (TPSA) is 81.4 Å². The summed E-state index contributed by atoms with van der Waals surface area (Å²) in [6.07, 6.45) is 1.90. The van der Waals surface area contributed by atoms with E-state index in [0.29, 0.717) is 29.0 Å². The maximum Gasteiger partial charge on any atom is 0.255 e. The summed E-state index contributed by atoms with van der Waals surface area (Å²) in [5.74, 6) is -0.107. The van der Waals surface area contributed by atoms with Gasteiger partial charge in [0, 0.05) is 12.1 Å². The normalized spacial score (nSPS) is 13.4. The van der Waals surface area contributed by atoms with E-state index in [1.165, 1.54) is 7.11 Å². The number of nitrogens with one attached hydrogen (secondary N) is 1. The van der Waals surface area contributed by atoms with Crippen LogP contribution in [0, 0.1) is 0 Å². The Labute approximate surface area is 140 Å². The monoisotopic (exact) mass is 324 g/mol. The molecular weight excluding hydrogens is 304 g/mol. The van der Waals surface area contributed by atoms with E-state index in [1.54, 1.807) is 12.1 Å². The molecule has 0 atom stereocenters. The summed E-state index contributed by atoms with van der Waals surface area (Å²) in [6.45, 7) is 0.410. The molecule has 24 heavy (non-hydrogen) atoms. The number of rotatable bonds is 6. The maximum atomic E-state index is 12.8. The highest BCUT2D eigenvalue weighted by molar-refractivity contribution is 6.04. The van der Waals surface area contributed by atoms with Crippen LogP contribution >= 0.6 is 0 Å². The van der Waals surface area contributed by atoms with Crippen LogP contribution in [-0.4, -0.2) is 18.9 Å². The molecule has 5 heteroatoms. The number of benzene rings is 2. The van der Waals surface area contributed by atoms with Crippen LogP contribution in [0.25, 0.3) is 0 Å². The van der Waals surface area contributed by atoms with Crippen LogP contribution in [0.4, 0.5) is 0 Å². The minimum Gasteiger partial charge on any atom is -0.496 e. The van der Waals surface area contributed by atoms with Crippen LogP contribution in [-0.2, 0) is 6.54 Å². The summed E-state index contributed by atoms with van der Waals surface area (Å²) < 4.78 is 5.36. The Kier molecular flexibility index (Phi) is 4.51. The number of carbonyl (C=O) groups is 2. The van der Waals surface area contributed by atoms with Gasteiger partial charge in [0.1, 0.15) is 5.75 Å².